The molecule has 13 heteroatoms. The SMILES string of the molecule is CCC(c1nc2snc(C)c2c(=O)n1Cc1ccccc1)N(CCCNC(=O)OC(C)(C)C)C(=O)c1ccc(S(C)(=O)=O)cc1. The molecule has 0 aliphatic rings. The van der Waals surface area contributed by atoms with Crippen LogP contribution in [-0.4, -0.2) is 64.2 Å². The highest BCUT2D eigenvalue weighted by atomic mass is 32.2. The molecule has 0 aliphatic heterocycles. The third-order valence-corrected chi connectivity index (χ3v) is 9.04. The van der Waals surface area contributed by atoms with Crippen LogP contribution in [0.15, 0.2) is 64.3 Å². The fraction of sp³-hybridized carbons (Fsp3) is 0.406. The lowest BCUT2D eigenvalue weighted by Crippen LogP contribution is -2.41. The highest BCUT2D eigenvalue weighted by Gasteiger charge is 2.30. The van der Waals surface area contributed by atoms with Gasteiger partial charge in [-0.25, -0.2) is 18.2 Å². The minimum Gasteiger partial charge on any atom is -0.444 e. The van der Waals surface area contributed by atoms with Crippen LogP contribution in [0.2, 0.25) is 0 Å². The van der Waals surface area contributed by atoms with Gasteiger partial charge in [0.2, 0.25) is 0 Å². The van der Waals surface area contributed by atoms with E-state index in [2.05, 4.69) is 9.69 Å². The number of aromatic nitrogens is 3. The lowest BCUT2D eigenvalue weighted by atomic mass is 10.1. The minimum absolute atomic E-state index is 0.101. The number of aryl methyl sites for hydroxylation is 1. The highest BCUT2D eigenvalue weighted by molar-refractivity contribution is 7.90. The number of carbonyl (C=O) groups excluding carboxylic acids is 2. The van der Waals surface area contributed by atoms with Crippen molar-refractivity contribution in [1.29, 1.82) is 0 Å². The van der Waals surface area contributed by atoms with E-state index >= 15 is 0 Å². The van der Waals surface area contributed by atoms with E-state index in [0.717, 1.165) is 23.4 Å². The zero-order valence-electron chi connectivity index (χ0n) is 26.4. The van der Waals surface area contributed by atoms with E-state index < -0.39 is 27.6 Å². The van der Waals surface area contributed by atoms with Crippen LogP contribution in [-0.2, 0) is 21.1 Å². The van der Waals surface area contributed by atoms with Gasteiger partial charge in [-0.3, -0.25) is 14.2 Å². The van der Waals surface area contributed by atoms with Gasteiger partial charge in [0.15, 0.2) is 14.7 Å². The van der Waals surface area contributed by atoms with E-state index in [0.29, 0.717) is 34.6 Å². The lowest BCUT2D eigenvalue weighted by molar-refractivity contribution is 0.0523. The van der Waals surface area contributed by atoms with Crippen molar-refractivity contribution in [1.82, 2.24) is 24.1 Å². The summed E-state index contributed by atoms with van der Waals surface area (Å²) in [5.41, 5.74) is 0.890. The van der Waals surface area contributed by atoms with Gasteiger partial charge >= 0.3 is 6.09 Å². The molecule has 4 rings (SSSR count). The van der Waals surface area contributed by atoms with E-state index in [1.807, 2.05) is 37.3 Å². The maximum Gasteiger partial charge on any atom is 0.407 e. The molecule has 0 aliphatic carbocycles. The van der Waals surface area contributed by atoms with E-state index in [-0.39, 0.29) is 41.6 Å². The second-order valence-electron chi connectivity index (χ2n) is 11.8. The molecule has 1 atom stereocenters. The molecule has 0 saturated heterocycles. The van der Waals surface area contributed by atoms with Crippen LogP contribution >= 0.6 is 11.5 Å². The largest absolute Gasteiger partial charge is 0.444 e. The molecule has 11 nitrogen and oxygen atoms in total. The van der Waals surface area contributed by atoms with Gasteiger partial charge in [-0.2, -0.15) is 4.37 Å². The van der Waals surface area contributed by atoms with Crippen LogP contribution in [0.1, 0.15) is 74.0 Å². The smallest absolute Gasteiger partial charge is 0.407 e. The van der Waals surface area contributed by atoms with Gasteiger partial charge < -0.3 is 15.0 Å². The molecule has 0 radical (unpaired) electrons. The van der Waals surface area contributed by atoms with Crippen molar-refractivity contribution in [2.24, 2.45) is 0 Å². The molecular weight excluding hydrogens is 615 g/mol. The van der Waals surface area contributed by atoms with Crippen LogP contribution in [0.25, 0.3) is 10.2 Å². The van der Waals surface area contributed by atoms with Gasteiger partial charge in [0, 0.05) is 24.9 Å². The molecule has 1 unspecified atom stereocenters. The number of benzene rings is 2. The number of hydrogen-bond donors (Lipinski definition) is 1. The first-order valence-corrected chi connectivity index (χ1v) is 17.3. The number of carbonyl (C=O) groups is 2. The molecule has 2 amide bonds. The number of sulfone groups is 1. The van der Waals surface area contributed by atoms with Gasteiger partial charge in [-0.15, -0.1) is 0 Å². The summed E-state index contributed by atoms with van der Waals surface area (Å²) in [6.07, 6.45) is 1.36. The predicted molar refractivity (Wildman–Crippen MR) is 174 cm³/mol. The summed E-state index contributed by atoms with van der Waals surface area (Å²) in [6.45, 7) is 9.71. The average molecular weight is 654 g/mol. The third-order valence-electron chi connectivity index (χ3n) is 7.08. The number of rotatable bonds is 11. The Kier molecular flexibility index (Phi) is 10.4. The molecule has 2 heterocycles. The fourth-order valence-electron chi connectivity index (χ4n) is 4.96. The summed E-state index contributed by atoms with van der Waals surface area (Å²) < 4.78 is 35.4. The lowest BCUT2D eigenvalue weighted by Gasteiger charge is -2.32. The molecule has 4 aromatic rings. The topological polar surface area (TPSA) is 141 Å². The summed E-state index contributed by atoms with van der Waals surface area (Å²) in [5, 5.41) is 3.18. The van der Waals surface area contributed by atoms with Crippen molar-refractivity contribution in [3.63, 3.8) is 0 Å². The number of nitrogens with one attached hydrogen (secondary N) is 1. The Labute approximate surface area is 267 Å². The Morgan fingerprint density at radius 2 is 1.76 bits per heavy atom. The van der Waals surface area contributed by atoms with Crippen molar-refractivity contribution >= 4 is 43.6 Å². The molecule has 0 bridgehead atoms. The zero-order valence-corrected chi connectivity index (χ0v) is 28.0. The van der Waals surface area contributed by atoms with E-state index in [4.69, 9.17) is 9.72 Å². The maximum atomic E-state index is 14.2. The van der Waals surface area contributed by atoms with Gasteiger partial charge in [0.1, 0.15) is 11.4 Å². The molecule has 0 saturated carbocycles. The van der Waals surface area contributed by atoms with Crippen LogP contribution in [0.4, 0.5) is 4.79 Å². The maximum absolute atomic E-state index is 14.2. The number of hydrogen-bond acceptors (Lipinski definition) is 9. The van der Waals surface area contributed by atoms with Gasteiger partial charge in [-0.1, -0.05) is 37.3 Å². The Morgan fingerprint density at radius 1 is 1.09 bits per heavy atom. The molecule has 0 spiro atoms. The van der Waals surface area contributed by atoms with Crippen LogP contribution in [0.5, 0.6) is 0 Å². The number of nitrogens with zero attached hydrogens (tertiary/aromatic N) is 4. The fourth-order valence-corrected chi connectivity index (χ4v) is 6.37. The van der Waals surface area contributed by atoms with Gasteiger partial charge in [-0.05, 0) is 81.9 Å². The molecule has 2 aromatic carbocycles. The second kappa shape index (κ2) is 13.9. The molecule has 1 N–H and O–H groups in total. The monoisotopic (exact) mass is 653 g/mol. The van der Waals surface area contributed by atoms with Crippen molar-refractivity contribution < 1.29 is 22.7 Å². The standard InChI is InChI=1S/C32H39N5O6S2/c1-7-25(27-34-28-26(21(2)35-44-28)30(39)37(27)20-22-12-9-8-10-13-22)36(19-11-18-33-31(40)43-32(3,4)5)29(38)23-14-16-24(17-15-23)45(6,41)42/h8-10,12-17,25H,7,11,18-20H2,1-6H3,(H,33,40). The summed E-state index contributed by atoms with van der Waals surface area (Å²) in [4.78, 5) is 47.5. The zero-order chi connectivity index (χ0) is 32.9. The molecule has 240 valence electrons. The normalized spacial score (nSPS) is 12.6. The minimum atomic E-state index is -3.46. The number of ether oxygens (including phenoxy) is 1. The second-order valence-corrected chi connectivity index (χ2v) is 14.6. The predicted octanol–water partition coefficient (Wildman–Crippen LogP) is 5.12. The molecule has 45 heavy (non-hydrogen) atoms. The summed E-state index contributed by atoms with van der Waals surface area (Å²) in [5.74, 6) is 0.0592. The summed E-state index contributed by atoms with van der Waals surface area (Å²) in [6, 6.07) is 14.7. The van der Waals surface area contributed by atoms with Crippen molar-refractivity contribution in [2.45, 2.75) is 70.5 Å². The van der Waals surface area contributed by atoms with Gasteiger partial charge in [0.05, 0.1) is 28.6 Å². The first-order valence-electron chi connectivity index (χ1n) is 14.7. The van der Waals surface area contributed by atoms with Crippen molar-refractivity contribution in [3.8, 4) is 0 Å². The molecule has 2 aromatic heterocycles. The highest BCUT2D eigenvalue weighted by Crippen LogP contribution is 2.28. The van der Waals surface area contributed by atoms with Crippen LogP contribution in [0, 0.1) is 6.92 Å². The van der Waals surface area contributed by atoms with Crippen LogP contribution in [0.3, 0.4) is 0 Å². The van der Waals surface area contributed by atoms with E-state index in [1.54, 1.807) is 37.2 Å². The number of fused-ring (bicyclic) bond motifs is 1. The van der Waals surface area contributed by atoms with Crippen molar-refractivity contribution in [2.75, 3.05) is 19.3 Å². The quantitative estimate of drug-likeness (QED) is 0.220. The molecule has 0 fully saturated rings. The Hall–Kier alpha value is -4.10. The van der Waals surface area contributed by atoms with Crippen molar-refractivity contribution in [3.05, 3.63) is 87.6 Å². The average Bonchev–Trinajstić information content (AvgIpc) is 3.35. The number of amides is 2. The first kappa shape index (κ1) is 33.8. The summed E-state index contributed by atoms with van der Waals surface area (Å²) in [7, 11) is -3.46. The Morgan fingerprint density at radius 3 is 2.36 bits per heavy atom. The number of alkyl carbamates (subject to hydrolysis) is 1. The first-order chi connectivity index (χ1) is 21.2. The third kappa shape index (κ3) is 8.34. The summed E-state index contributed by atoms with van der Waals surface area (Å²) >= 11 is 1.14. The van der Waals surface area contributed by atoms with E-state index in [1.165, 1.54) is 24.3 Å². The van der Waals surface area contributed by atoms with Crippen LogP contribution < -0.4 is 10.9 Å². The Balaban J connectivity index is 1.76. The van der Waals surface area contributed by atoms with E-state index in [9.17, 15) is 22.8 Å². The van der Waals surface area contributed by atoms with Gasteiger partial charge in [0.25, 0.3) is 11.5 Å². The Bertz CT molecular complexity index is 1830. The molecular formula is C32H39N5O6S2.